The summed E-state index contributed by atoms with van der Waals surface area (Å²) >= 11 is 0. The molecule has 0 spiro atoms. The summed E-state index contributed by atoms with van der Waals surface area (Å²) in [6, 6.07) is 19.4. The minimum atomic E-state index is -0.198. The molecule has 0 fully saturated rings. The third-order valence-electron chi connectivity index (χ3n) is 3.80. The Morgan fingerprint density at radius 2 is 1.67 bits per heavy atom. The molecule has 0 radical (unpaired) electrons. The van der Waals surface area contributed by atoms with Gasteiger partial charge in [-0.2, -0.15) is 4.73 Å². The van der Waals surface area contributed by atoms with Crippen LogP contribution in [0.15, 0.2) is 73.1 Å². The number of nitrogens with one attached hydrogen (secondary N) is 1. The quantitative estimate of drug-likeness (QED) is 0.593. The number of hydrogen-bond acceptors (Lipinski definition) is 2. The fourth-order valence-corrected chi connectivity index (χ4v) is 2.53. The van der Waals surface area contributed by atoms with Crippen LogP contribution in [0.25, 0.3) is 11.1 Å². The first-order chi connectivity index (χ1) is 11.6. The maximum Gasteiger partial charge on any atom is 0.252 e. The minimum Gasteiger partial charge on any atom is -0.619 e. The van der Waals surface area contributed by atoms with Crippen LogP contribution in [-0.2, 0) is 6.54 Å². The molecule has 0 unspecified atom stereocenters. The first-order valence-corrected chi connectivity index (χ1v) is 7.75. The van der Waals surface area contributed by atoms with Crippen molar-refractivity contribution in [1.82, 2.24) is 5.32 Å². The number of amides is 1. The van der Waals surface area contributed by atoms with Crippen LogP contribution in [-0.4, -0.2) is 5.91 Å². The molecular weight excluding hydrogens is 300 g/mol. The molecule has 4 nitrogen and oxygen atoms in total. The van der Waals surface area contributed by atoms with Crippen LogP contribution in [0.4, 0.5) is 0 Å². The van der Waals surface area contributed by atoms with E-state index in [-0.39, 0.29) is 5.91 Å². The molecule has 0 saturated carbocycles. The number of hydrogen-bond donors (Lipinski definition) is 1. The van der Waals surface area contributed by atoms with E-state index in [1.54, 1.807) is 0 Å². The number of benzene rings is 2. The molecule has 0 aliphatic heterocycles. The van der Waals surface area contributed by atoms with Crippen molar-refractivity contribution in [2.45, 2.75) is 13.5 Å². The zero-order valence-corrected chi connectivity index (χ0v) is 13.4. The molecule has 1 N–H and O–H groups in total. The van der Waals surface area contributed by atoms with Crippen molar-refractivity contribution in [3.05, 3.63) is 95.0 Å². The number of carbonyl (C=O) groups is 1. The highest BCUT2D eigenvalue weighted by Crippen LogP contribution is 2.21. The molecule has 3 rings (SSSR count). The highest BCUT2D eigenvalue weighted by molar-refractivity contribution is 5.93. The van der Waals surface area contributed by atoms with E-state index >= 15 is 0 Å². The molecule has 0 aliphatic rings. The van der Waals surface area contributed by atoms with Gasteiger partial charge in [0.05, 0.1) is 5.56 Å². The topological polar surface area (TPSA) is 56.0 Å². The summed E-state index contributed by atoms with van der Waals surface area (Å²) in [7, 11) is 0. The lowest BCUT2D eigenvalue weighted by molar-refractivity contribution is -0.605. The van der Waals surface area contributed by atoms with Crippen LogP contribution in [0.3, 0.4) is 0 Å². The predicted molar refractivity (Wildman–Crippen MR) is 93.2 cm³/mol. The summed E-state index contributed by atoms with van der Waals surface area (Å²) in [6.45, 7) is 2.50. The van der Waals surface area contributed by atoms with Gasteiger partial charge in [-0.15, -0.1) is 0 Å². The van der Waals surface area contributed by atoms with Gasteiger partial charge in [0.1, 0.15) is 0 Å². The fraction of sp³-hybridized carbons (Fsp3) is 0.100. The highest BCUT2D eigenvalue weighted by Gasteiger charge is 2.07. The second-order valence-corrected chi connectivity index (χ2v) is 5.70. The Morgan fingerprint density at radius 3 is 2.38 bits per heavy atom. The lowest BCUT2D eigenvalue weighted by Gasteiger charge is -2.08. The van der Waals surface area contributed by atoms with E-state index in [0.717, 1.165) is 16.7 Å². The molecule has 1 heterocycles. The van der Waals surface area contributed by atoms with Gasteiger partial charge in [0.2, 0.25) is 0 Å². The first kappa shape index (κ1) is 15.7. The van der Waals surface area contributed by atoms with Gasteiger partial charge in [0.15, 0.2) is 12.4 Å². The summed E-state index contributed by atoms with van der Waals surface area (Å²) in [5, 5.41) is 13.9. The van der Waals surface area contributed by atoms with Crippen LogP contribution in [0, 0.1) is 12.1 Å². The van der Waals surface area contributed by atoms with Gasteiger partial charge in [-0.3, -0.25) is 4.79 Å². The maximum absolute atomic E-state index is 12.1. The second kappa shape index (κ2) is 6.96. The van der Waals surface area contributed by atoms with Gasteiger partial charge in [-0.05, 0) is 29.7 Å². The first-order valence-electron chi connectivity index (χ1n) is 7.75. The number of aromatic nitrogens is 1. The Kier molecular flexibility index (Phi) is 4.57. The van der Waals surface area contributed by atoms with Crippen LogP contribution in [0.2, 0.25) is 0 Å². The average Bonchev–Trinajstić information content (AvgIpc) is 2.60. The lowest BCUT2D eigenvalue weighted by Crippen LogP contribution is -2.27. The number of nitrogens with zero attached hydrogens (tertiary/aromatic N) is 1. The molecule has 1 amide bonds. The minimum absolute atomic E-state index is 0.198. The molecule has 1 aromatic heterocycles. The standard InChI is InChI=1S/C20H18N2O2/c1-15-4-2-6-18(12-15)19-7-3-5-16(13-19)14-21-20(23)17-8-10-22(24)11-9-17/h2-13H,14H2,1H3,(H,21,23). The number of aryl methyl sites for hydroxylation is 1. The Bertz CT molecular complexity index is 858. The summed E-state index contributed by atoms with van der Waals surface area (Å²) in [5.41, 5.74) is 4.99. The Hall–Kier alpha value is -3.14. The van der Waals surface area contributed by atoms with E-state index in [1.165, 1.54) is 30.1 Å². The predicted octanol–water partition coefficient (Wildman–Crippen LogP) is 3.23. The molecule has 0 atom stereocenters. The van der Waals surface area contributed by atoms with E-state index in [2.05, 4.69) is 42.6 Å². The molecule has 0 aliphatic carbocycles. The van der Waals surface area contributed by atoms with E-state index in [1.807, 2.05) is 18.2 Å². The molecule has 120 valence electrons. The van der Waals surface area contributed by atoms with Crippen molar-refractivity contribution in [2.24, 2.45) is 0 Å². The summed E-state index contributed by atoms with van der Waals surface area (Å²) < 4.78 is 0.655. The zero-order valence-electron chi connectivity index (χ0n) is 13.4. The molecule has 3 aromatic rings. The van der Waals surface area contributed by atoms with Gasteiger partial charge in [-0.1, -0.05) is 48.0 Å². The smallest absolute Gasteiger partial charge is 0.252 e. The van der Waals surface area contributed by atoms with Crippen LogP contribution < -0.4 is 10.0 Å². The Morgan fingerprint density at radius 1 is 1.00 bits per heavy atom. The number of rotatable bonds is 4. The van der Waals surface area contributed by atoms with Crippen molar-refractivity contribution in [3.8, 4) is 11.1 Å². The Labute approximate surface area is 141 Å². The van der Waals surface area contributed by atoms with Crippen LogP contribution >= 0.6 is 0 Å². The van der Waals surface area contributed by atoms with Crippen LogP contribution in [0.1, 0.15) is 21.5 Å². The van der Waals surface area contributed by atoms with E-state index in [9.17, 15) is 10.0 Å². The van der Waals surface area contributed by atoms with Crippen molar-refractivity contribution in [1.29, 1.82) is 0 Å². The van der Waals surface area contributed by atoms with Crippen LogP contribution in [0.5, 0.6) is 0 Å². The van der Waals surface area contributed by atoms with Crippen molar-refractivity contribution in [2.75, 3.05) is 0 Å². The van der Waals surface area contributed by atoms with Gasteiger partial charge >= 0.3 is 0 Å². The van der Waals surface area contributed by atoms with E-state index < -0.39 is 0 Å². The third-order valence-corrected chi connectivity index (χ3v) is 3.80. The van der Waals surface area contributed by atoms with Crippen molar-refractivity contribution in [3.63, 3.8) is 0 Å². The van der Waals surface area contributed by atoms with Gasteiger partial charge < -0.3 is 10.5 Å². The number of carbonyl (C=O) groups excluding carboxylic acids is 1. The summed E-state index contributed by atoms with van der Waals surface area (Å²) in [6.07, 6.45) is 2.63. The Balaban J connectivity index is 1.71. The summed E-state index contributed by atoms with van der Waals surface area (Å²) in [5.74, 6) is -0.198. The second-order valence-electron chi connectivity index (χ2n) is 5.70. The summed E-state index contributed by atoms with van der Waals surface area (Å²) in [4.78, 5) is 12.1. The normalized spacial score (nSPS) is 10.4. The molecule has 0 bridgehead atoms. The van der Waals surface area contributed by atoms with E-state index in [0.29, 0.717) is 16.8 Å². The lowest BCUT2D eigenvalue weighted by atomic mass is 10.0. The largest absolute Gasteiger partial charge is 0.619 e. The van der Waals surface area contributed by atoms with Gasteiger partial charge in [0, 0.05) is 18.7 Å². The van der Waals surface area contributed by atoms with E-state index in [4.69, 9.17) is 0 Å². The number of pyridine rings is 1. The maximum atomic E-state index is 12.1. The monoisotopic (exact) mass is 318 g/mol. The fourth-order valence-electron chi connectivity index (χ4n) is 2.53. The average molecular weight is 318 g/mol. The van der Waals surface area contributed by atoms with Gasteiger partial charge in [-0.25, -0.2) is 0 Å². The molecule has 0 saturated heterocycles. The molecule has 2 aromatic carbocycles. The third kappa shape index (κ3) is 3.79. The molecule has 4 heteroatoms. The highest BCUT2D eigenvalue weighted by atomic mass is 16.5. The van der Waals surface area contributed by atoms with Gasteiger partial charge in [0.25, 0.3) is 5.91 Å². The zero-order chi connectivity index (χ0) is 16.9. The van der Waals surface area contributed by atoms with Crippen molar-refractivity contribution < 1.29 is 9.52 Å². The van der Waals surface area contributed by atoms with Crippen molar-refractivity contribution >= 4 is 5.91 Å². The SMILES string of the molecule is Cc1cccc(-c2cccc(CNC(=O)c3cc[n+]([O-])cc3)c2)c1. The molecular formula is C20H18N2O2. The molecule has 24 heavy (non-hydrogen) atoms.